The number of hydrogen-bond donors (Lipinski definition) is 2. The van der Waals surface area contributed by atoms with Crippen LogP contribution in [0.15, 0.2) is 0 Å². The maximum absolute atomic E-state index is 11.9. The Morgan fingerprint density at radius 3 is 2.35 bits per heavy atom. The summed E-state index contributed by atoms with van der Waals surface area (Å²) in [6.07, 6.45) is 3.43. The Hall–Kier alpha value is -1.10. The van der Waals surface area contributed by atoms with Crippen LogP contribution in [-0.2, 0) is 14.3 Å². The maximum atomic E-state index is 11.9. The second kappa shape index (κ2) is 8.95. The Morgan fingerprint density at radius 1 is 1.20 bits per heavy atom. The Labute approximate surface area is 121 Å². The van der Waals surface area contributed by atoms with E-state index < -0.39 is 5.97 Å². The molecule has 0 unspecified atom stereocenters. The zero-order valence-electron chi connectivity index (χ0n) is 12.6. The van der Waals surface area contributed by atoms with E-state index in [0.29, 0.717) is 44.8 Å². The van der Waals surface area contributed by atoms with Gasteiger partial charge < -0.3 is 15.2 Å². The van der Waals surface area contributed by atoms with Gasteiger partial charge in [-0.25, -0.2) is 0 Å². The predicted molar refractivity (Wildman–Crippen MR) is 76.4 cm³/mol. The van der Waals surface area contributed by atoms with Gasteiger partial charge in [-0.3, -0.25) is 9.59 Å². The summed E-state index contributed by atoms with van der Waals surface area (Å²) in [5.74, 6) is -0.400. The van der Waals surface area contributed by atoms with Crippen molar-refractivity contribution in [3.05, 3.63) is 0 Å². The van der Waals surface area contributed by atoms with Crippen molar-refractivity contribution in [3.63, 3.8) is 0 Å². The lowest BCUT2D eigenvalue weighted by Gasteiger charge is -2.25. The van der Waals surface area contributed by atoms with E-state index in [0.717, 1.165) is 13.0 Å². The molecule has 0 bridgehead atoms. The molecule has 0 heterocycles. The first kappa shape index (κ1) is 17.0. The highest BCUT2D eigenvalue weighted by Gasteiger charge is 2.29. The topological polar surface area (TPSA) is 75.6 Å². The van der Waals surface area contributed by atoms with Crippen LogP contribution < -0.4 is 5.32 Å². The van der Waals surface area contributed by atoms with Crippen molar-refractivity contribution in [2.75, 3.05) is 19.8 Å². The van der Waals surface area contributed by atoms with Gasteiger partial charge in [-0.2, -0.15) is 0 Å². The quantitative estimate of drug-likeness (QED) is 0.669. The molecule has 0 radical (unpaired) electrons. The normalized spacial score (nSPS) is 22.8. The van der Waals surface area contributed by atoms with Crippen molar-refractivity contribution in [2.24, 2.45) is 17.8 Å². The van der Waals surface area contributed by atoms with E-state index in [1.54, 1.807) is 0 Å². The van der Waals surface area contributed by atoms with Gasteiger partial charge in [-0.1, -0.05) is 13.8 Å². The number of carboxylic acid groups (broad SMARTS) is 1. The first-order valence-corrected chi connectivity index (χ1v) is 7.59. The Balaban J connectivity index is 2.07. The van der Waals surface area contributed by atoms with Gasteiger partial charge >= 0.3 is 5.97 Å². The fraction of sp³-hybridized carbons (Fsp3) is 0.867. The van der Waals surface area contributed by atoms with Gasteiger partial charge in [-0.05, 0) is 38.0 Å². The van der Waals surface area contributed by atoms with E-state index in [9.17, 15) is 9.59 Å². The molecule has 1 aliphatic rings. The molecule has 1 fully saturated rings. The van der Waals surface area contributed by atoms with Crippen LogP contribution in [-0.4, -0.2) is 36.7 Å². The van der Waals surface area contributed by atoms with Crippen molar-refractivity contribution in [1.29, 1.82) is 0 Å². The molecule has 1 amide bonds. The minimum atomic E-state index is -0.730. The molecule has 0 aliphatic heterocycles. The van der Waals surface area contributed by atoms with Crippen LogP contribution in [0.4, 0.5) is 0 Å². The molecule has 0 saturated heterocycles. The molecule has 5 heteroatoms. The molecule has 1 aliphatic carbocycles. The van der Waals surface area contributed by atoms with Gasteiger partial charge in [0.2, 0.25) is 5.91 Å². The SMILES string of the molecule is CC(C)COCCCNC(=O)C1CCC(C(=O)O)CC1. The molecule has 1 saturated carbocycles. The van der Waals surface area contributed by atoms with E-state index in [4.69, 9.17) is 9.84 Å². The first-order valence-electron chi connectivity index (χ1n) is 7.59. The zero-order chi connectivity index (χ0) is 15.0. The molecule has 116 valence electrons. The largest absolute Gasteiger partial charge is 0.481 e. The van der Waals surface area contributed by atoms with Crippen LogP contribution in [0, 0.1) is 17.8 Å². The number of ether oxygens (including phenoxy) is 1. The van der Waals surface area contributed by atoms with Crippen molar-refractivity contribution in [3.8, 4) is 0 Å². The molecule has 0 aromatic heterocycles. The van der Waals surface area contributed by atoms with Gasteiger partial charge in [0.1, 0.15) is 0 Å². The van der Waals surface area contributed by atoms with Crippen LogP contribution in [0.5, 0.6) is 0 Å². The molecule has 0 aromatic rings. The molecule has 0 aromatic carbocycles. The number of hydrogen-bond acceptors (Lipinski definition) is 3. The number of amides is 1. The van der Waals surface area contributed by atoms with E-state index in [1.165, 1.54) is 0 Å². The van der Waals surface area contributed by atoms with Gasteiger partial charge in [-0.15, -0.1) is 0 Å². The number of carbonyl (C=O) groups excluding carboxylic acids is 1. The van der Waals surface area contributed by atoms with E-state index in [2.05, 4.69) is 19.2 Å². The number of aliphatic carboxylic acids is 1. The molecular formula is C15H27NO4. The van der Waals surface area contributed by atoms with Crippen LogP contribution in [0.2, 0.25) is 0 Å². The van der Waals surface area contributed by atoms with Gasteiger partial charge in [0.15, 0.2) is 0 Å². The Bertz CT molecular complexity index is 309. The highest BCUT2D eigenvalue weighted by atomic mass is 16.5. The zero-order valence-corrected chi connectivity index (χ0v) is 12.6. The highest BCUT2D eigenvalue weighted by Crippen LogP contribution is 2.28. The third-order valence-electron chi connectivity index (χ3n) is 3.66. The van der Waals surface area contributed by atoms with Crippen LogP contribution in [0.1, 0.15) is 46.0 Å². The maximum Gasteiger partial charge on any atom is 0.306 e. The number of nitrogens with one attached hydrogen (secondary N) is 1. The Morgan fingerprint density at radius 2 is 1.80 bits per heavy atom. The van der Waals surface area contributed by atoms with Crippen molar-refractivity contribution in [1.82, 2.24) is 5.32 Å². The molecule has 20 heavy (non-hydrogen) atoms. The van der Waals surface area contributed by atoms with Gasteiger partial charge in [0.05, 0.1) is 5.92 Å². The summed E-state index contributed by atoms with van der Waals surface area (Å²) in [6, 6.07) is 0. The van der Waals surface area contributed by atoms with Gasteiger partial charge in [0, 0.05) is 25.7 Å². The van der Waals surface area contributed by atoms with Crippen LogP contribution in [0.25, 0.3) is 0 Å². The van der Waals surface area contributed by atoms with Crippen LogP contribution >= 0.6 is 0 Å². The van der Waals surface area contributed by atoms with Gasteiger partial charge in [0.25, 0.3) is 0 Å². The summed E-state index contributed by atoms with van der Waals surface area (Å²) >= 11 is 0. The minimum Gasteiger partial charge on any atom is -0.481 e. The van der Waals surface area contributed by atoms with Crippen LogP contribution in [0.3, 0.4) is 0 Å². The average Bonchev–Trinajstić information content (AvgIpc) is 2.42. The summed E-state index contributed by atoms with van der Waals surface area (Å²) in [5, 5.41) is 11.8. The smallest absolute Gasteiger partial charge is 0.306 e. The highest BCUT2D eigenvalue weighted by molar-refractivity contribution is 5.79. The standard InChI is InChI=1S/C15H27NO4/c1-11(2)10-20-9-3-8-16-14(17)12-4-6-13(7-5-12)15(18)19/h11-13H,3-10H2,1-2H3,(H,16,17)(H,18,19). The number of carboxylic acids is 1. The average molecular weight is 285 g/mol. The molecule has 0 atom stereocenters. The predicted octanol–water partition coefficient (Wildman–Crippen LogP) is 2.06. The summed E-state index contributed by atoms with van der Waals surface area (Å²) < 4.78 is 5.45. The summed E-state index contributed by atoms with van der Waals surface area (Å²) in [4.78, 5) is 22.8. The number of carbonyl (C=O) groups is 2. The third-order valence-corrected chi connectivity index (χ3v) is 3.66. The van der Waals surface area contributed by atoms with Crippen molar-refractivity contribution in [2.45, 2.75) is 46.0 Å². The second-order valence-electron chi connectivity index (χ2n) is 6.00. The summed E-state index contributed by atoms with van der Waals surface area (Å²) in [5.41, 5.74) is 0. The summed E-state index contributed by atoms with van der Waals surface area (Å²) in [7, 11) is 0. The lowest BCUT2D eigenvalue weighted by molar-refractivity contribution is -0.144. The third kappa shape index (κ3) is 6.37. The Kier molecular flexibility index (Phi) is 7.59. The molecule has 1 rings (SSSR count). The minimum absolute atomic E-state index is 0.0119. The van der Waals surface area contributed by atoms with E-state index in [1.807, 2.05) is 0 Å². The van der Waals surface area contributed by atoms with E-state index >= 15 is 0 Å². The van der Waals surface area contributed by atoms with Crippen molar-refractivity contribution >= 4 is 11.9 Å². The monoisotopic (exact) mass is 285 g/mol. The van der Waals surface area contributed by atoms with E-state index in [-0.39, 0.29) is 17.7 Å². The first-order chi connectivity index (χ1) is 9.50. The molecule has 5 nitrogen and oxygen atoms in total. The summed E-state index contributed by atoms with van der Waals surface area (Å²) in [6.45, 7) is 6.28. The number of rotatable bonds is 8. The fourth-order valence-electron chi connectivity index (χ4n) is 2.45. The lowest BCUT2D eigenvalue weighted by Crippen LogP contribution is -2.35. The molecule has 0 spiro atoms. The lowest BCUT2D eigenvalue weighted by atomic mass is 9.81. The second-order valence-corrected chi connectivity index (χ2v) is 6.00. The van der Waals surface area contributed by atoms with Crippen molar-refractivity contribution < 1.29 is 19.4 Å². The molecule has 2 N–H and O–H groups in total. The molecular weight excluding hydrogens is 258 g/mol. The fourth-order valence-corrected chi connectivity index (χ4v) is 2.45.